The fourth-order valence-corrected chi connectivity index (χ4v) is 1.50. The van der Waals surface area contributed by atoms with Crippen molar-refractivity contribution < 1.29 is 19.4 Å². The second-order valence-electron chi connectivity index (χ2n) is 3.33. The largest absolute Gasteiger partial charge is 0.496 e. The second-order valence-corrected chi connectivity index (χ2v) is 3.33. The first-order valence-corrected chi connectivity index (χ1v) is 5.10. The van der Waals surface area contributed by atoms with Crippen LogP contribution in [-0.4, -0.2) is 24.8 Å². The zero-order valence-electron chi connectivity index (χ0n) is 9.69. The van der Waals surface area contributed by atoms with Crippen molar-refractivity contribution in [3.63, 3.8) is 0 Å². The van der Waals surface area contributed by atoms with Gasteiger partial charge in [-0.15, -0.1) is 0 Å². The third-order valence-corrected chi connectivity index (χ3v) is 2.35. The predicted molar refractivity (Wildman–Crippen MR) is 59.3 cm³/mol. The van der Waals surface area contributed by atoms with Gasteiger partial charge in [-0.2, -0.15) is 0 Å². The number of methoxy groups -OCH3 is 1. The molecule has 88 valence electrons. The van der Waals surface area contributed by atoms with Crippen LogP contribution in [0.2, 0.25) is 0 Å². The van der Waals surface area contributed by atoms with Gasteiger partial charge in [0.2, 0.25) is 0 Å². The van der Waals surface area contributed by atoms with Crippen molar-refractivity contribution in [2.45, 2.75) is 20.0 Å². The number of aliphatic hydroxyl groups excluding tert-OH is 1. The number of benzene rings is 1. The van der Waals surface area contributed by atoms with Crippen LogP contribution in [0.4, 0.5) is 0 Å². The highest BCUT2D eigenvalue weighted by Crippen LogP contribution is 2.26. The summed E-state index contributed by atoms with van der Waals surface area (Å²) in [5.74, 6) is -0.000276. The van der Waals surface area contributed by atoms with Crippen LogP contribution in [-0.2, 0) is 9.53 Å². The highest BCUT2D eigenvalue weighted by atomic mass is 16.5. The molecular formula is C12H16O4. The highest BCUT2D eigenvalue weighted by Gasteiger charge is 2.21. The molecule has 1 aromatic rings. The third-order valence-electron chi connectivity index (χ3n) is 2.35. The van der Waals surface area contributed by atoms with Crippen molar-refractivity contribution >= 4 is 5.97 Å². The first-order valence-electron chi connectivity index (χ1n) is 5.10. The molecule has 0 aliphatic carbocycles. The number of aliphatic hydroxyl groups is 1. The summed E-state index contributed by atoms with van der Waals surface area (Å²) < 4.78 is 9.87. The normalized spacial score (nSPS) is 12.0. The lowest BCUT2D eigenvalue weighted by molar-refractivity contribution is -0.153. The monoisotopic (exact) mass is 224 g/mol. The van der Waals surface area contributed by atoms with Gasteiger partial charge in [0.25, 0.3) is 0 Å². The number of hydrogen-bond donors (Lipinski definition) is 1. The van der Waals surface area contributed by atoms with E-state index in [2.05, 4.69) is 0 Å². The van der Waals surface area contributed by atoms with Gasteiger partial charge in [-0.3, -0.25) is 0 Å². The molecule has 1 unspecified atom stereocenters. The maximum atomic E-state index is 11.4. The summed E-state index contributed by atoms with van der Waals surface area (Å²) in [5, 5.41) is 9.79. The second kappa shape index (κ2) is 5.51. The van der Waals surface area contributed by atoms with E-state index in [1.165, 1.54) is 0 Å². The molecular weight excluding hydrogens is 208 g/mol. The molecule has 0 bridgehead atoms. The minimum absolute atomic E-state index is 0.249. The van der Waals surface area contributed by atoms with Gasteiger partial charge < -0.3 is 14.6 Å². The molecule has 0 aliphatic heterocycles. The van der Waals surface area contributed by atoms with Crippen LogP contribution in [0.3, 0.4) is 0 Å². The van der Waals surface area contributed by atoms with E-state index in [1.54, 1.807) is 39.2 Å². The molecule has 0 aliphatic rings. The van der Waals surface area contributed by atoms with Crippen LogP contribution in [0, 0.1) is 6.92 Å². The molecule has 0 heterocycles. The number of ether oxygens (including phenoxy) is 2. The lowest BCUT2D eigenvalue weighted by Crippen LogP contribution is -2.16. The molecule has 0 saturated heterocycles. The molecule has 0 saturated carbocycles. The van der Waals surface area contributed by atoms with E-state index in [0.717, 1.165) is 5.56 Å². The van der Waals surface area contributed by atoms with Gasteiger partial charge in [-0.1, -0.05) is 12.1 Å². The lowest BCUT2D eigenvalue weighted by Gasteiger charge is -2.14. The zero-order chi connectivity index (χ0) is 12.1. The molecule has 1 aromatic carbocycles. The maximum Gasteiger partial charge on any atom is 0.339 e. The van der Waals surface area contributed by atoms with E-state index in [-0.39, 0.29) is 6.61 Å². The summed E-state index contributed by atoms with van der Waals surface area (Å²) in [7, 11) is 1.54. The van der Waals surface area contributed by atoms with Gasteiger partial charge in [0, 0.05) is 0 Å². The molecule has 4 nitrogen and oxygen atoms in total. The van der Waals surface area contributed by atoms with Gasteiger partial charge in [0.05, 0.1) is 13.7 Å². The first kappa shape index (κ1) is 12.5. The Bertz CT molecular complexity index is 373. The van der Waals surface area contributed by atoms with Gasteiger partial charge in [-0.05, 0) is 31.0 Å². The molecule has 0 aromatic heterocycles. The lowest BCUT2D eigenvalue weighted by atomic mass is 10.0. The highest BCUT2D eigenvalue weighted by molar-refractivity contribution is 5.77. The van der Waals surface area contributed by atoms with Crippen molar-refractivity contribution in [1.82, 2.24) is 0 Å². The van der Waals surface area contributed by atoms with Crippen LogP contribution in [0.15, 0.2) is 18.2 Å². The van der Waals surface area contributed by atoms with Gasteiger partial charge >= 0.3 is 5.97 Å². The fourth-order valence-electron chi connectivity index (χ4n) is 1.50. The molecule has 0 radical (unpaired) electrons. The van der Waals surface area contributed by atoms with Crippen LogP contribution in [0.1, 0.15) is 24.2 Å². The van der Waals surface area contributed by atoms with Crippen molar-refractivity contribution in [2.24, 2.45) is 0 Å². The quantitative estimate of drug-likeness (QED) is 0.789. The summed E-state index contributed by atoms with van der Waals surface area (Å²) >= 11 is 0. The summed E-state index contributed by atoms with van der Waals surface area (Å²) in [5.41, 5.74) is 1.25. The first-order chi connectivity index (χ1) is 7.61. The van der Waals surface area contributed by atoms with Crippen molar-refractivity contribution in [3.05, 3.63) is 29.3 Å². The zero-order valence-corrected chi connectivity index (χ0v) is 9.69. The average Bonchev–Trinajstić information content (AvgIpc) is 2.29. The molecule has 0 amide bonds. The Hall–Kier alpha value is -1.55. The Kier molecular flexibility index (Phi) is 4.31. The van der Waals surface area contributed by atoms with Gasteiger partial charge in [0.15, 0.2) is 6.10 Å². The minimum Gasteiger partial charge on any atom is -0.496 e. The maximum absolute atomic E-state index is 11.4. The molecule has 1 atom stereocenters. The van der Waals surface area contributed by atoms with Gasteiger partial charge in [0.1, 0.15) is 5.75 Å². The Labute approximate surface area is 94.8 Å². The Morgan fingerprint density at radius 2 is 2.19 bits per heavy atom. The number of rotatable bonds is 4. The van der Waals surface area contributed by atoms with E-state index in [4.69, 9.17) is 9.47 Å². The predicted octanol–water partition coefficient (Wildman–Crippen LogP) is 1.60. The SMILES string of the molecule is CCOC(=O)C(O)c1cccc(OC)c1C. The van der Waals surface area contributed by atoms with Crippen LogP contribution < -0.4 is 4.74 Å². The molecule has 4 heteroatoms. The smallest absolute Gasteiger partial charge is 0.339 e. The average molecular weight is 224 g/mol. The fraction of sp³-hybridized carbons (Fsp3) is 0.417. The van der Waals surface area contributed by atoms with Crippen LogP contribution >= 0.6 is 0 Å². The molecule has 0 fully saturated rings. The van der Waals surface area contributed by atoms with E-state index < -0.39 is 12.1 Å². The van der Waals surface area contributed by atoms with Crippen molar-refractivity contribution in [1.29, 1.82) is 0 Å². The van der Waals surface area contributed by atoms with Gasteiger partial charge in [-0.25, -0.2) is 4.79 Å². The molecule has 1 rings (SSSR count). The molecule has 16 heavy (non-hydrogen) atoms. The van der Waals surface area contributed by atoms with E-state index in [1.807, 2.05) is 0 Å². The van der Waals surface area contributed by atoms with E-state index in [9.17, 15) is 9.90 Å². The summed E-state index contributed by atoms with van der Waals surface area (Å²) in [4.78, 5) is 11.4. The summed E-state index contributed by atoms with van der Waals surface area (Å²) in [6.07, 6.45) is -1.25. The number of carbonyl (C=O) groups is 1. The number of carbonyl (C=O) groups excluding carboxylic acids is 1. The number of esters is 1. The topological polar surface area (TPSA) is 55.8 Å². The van der Waals surface area contributed by atoms with E-state index >= 15 is 0 Å². The molecule has 0 spiro atoms. The summed E-state index contributed by atoms with van der Waals surface area (Å²) in [6, 6.07) is 5.18. The third kappa shape index (κ3) is 2.52. The standard InChI is InChI=1S/C12H16O4/c1-4-16-12(14)11(13)9-6-5-7-10(15-3)8(9)2/h5-7,11,13H,4H2,1-3H3. The summed E-state index contributed by atoms with van der Waals surface area (Å²) in [6.45, 7) is 3.73. The van der Waals surface area contributed by atoms with E-state index in [0.29, 0.717) is 11.3 Å². The Balaban J connectivity index is 2.99. The Morgan fingerprint density at radius 3 is 2.75 bits per heavy atom. The minimum atomic E-state index is -1.25. The van der Waals surface area contributed by atoms with Crippen LogP contribution in [0.25, 0.3) is 0 Å². The van der Waals surface area contributed by atoms with Crippen molar-refractivity contribution in [3.8, 4) is 5.75 Å². The number of hydrogen-bond acceptors (Lipinski definition) is 4. The Morgan fingerprint density at radius 1 is 1.50 bits per heavy atom. The van der Waals surface area contributed by atoms with Crippen LogP contribution in [0.5, 0.6) is 5.75 Å². The molecule has 1 N–H and O–H groups in total. The van der Waals surface area contributed by atoms with Crippen molar-refractivity contribution in [2.75, 3.05) is 13.7 Å².